The monoisotopic (exact) mass is 432 g/mol. The molecule has 0 saturated carbocycles. The van der Waals surface area contributed by atoms with Crippen LogP contribution in [0.15, 0.2) is 45.4 Å². The average molecular weight is 433 g/mol. The van der Waals surface area contributed by atoms with Crippen molar-refractivity contribution in [2.45, 2.75) is 0 Å². The zero-order chi connectivity index (χ0) is 20.4. The van der Waals surface area contributed by atoms with Crippen LogP contribution in [0, 0.1) is 5.82 Å². The quantitative estimate of drug-likeness (QED) is 0.365. The Hall–Kier alpha value is -3.64. The molecule has 0 radical (unpaired) electrons. The van der Waals surface area contributed by atoms with Gasteiger partial charge < -0.3 is 5.73 Å². The van der Waals surface area contributed by atoms with Gasteiger partial charge in [0.1, 0.15) is 11.5 Å². The van der Waals surface area contributed by atoms with E-state index in [0.29, 0.717) is 10.6 Å². The maximum atomic E-state index is 13.8. The smallest absolute Gasteiger partial charge is 0.294 e. The molecule has 146 valence electrons. The van der Waals surface area contributed by atoms with E-state index in [9.17, 15) is 9.18 Å². The lowest BCUT2D eigenvalue weighted by Crippen LogP contribution is -2.19. The molecule has 0 unspecified atom stereocenters. The van der Waals surface area contributed by atoms with Crippen LogP contribution in [-0.2, 0) is 0 Å². The number of hydrogen-bond acceptors (Lipinski definition) is 9. The average Bonchev–Trinajstić information content (AvgIpc) is 3.43. The van der Waals surface area contributed by atoms with Crippen LogP contribution < -0.4 is 11.2 Å². The van der Waals surface area contributed by atoms with Gasteiger partial charge in [0.05, 0.1) is 16.1 Å². The van der Waals surface area contributed by atoms with Gasteiger partial charge in [0.15, 0.2) is 5.69 Å². The van der Waals surface area contributed by atoms with Gasteiger partial charge in [-0.15, -0.1) is 16.4 Å². The topological polar surface area (TPSA) is 137 Å². The molecular weight excluding hydrogens is 423 g/mol. The zero-order valence-corrected chi connectivity index (χ0v) is 15.9. The Morgan fingerprint density at radius 2 is 2.21 bits per heavy atom. The number of nitrogens with two attached hydrogens (primary N) is 1. The van der Waals surface area contributed by atoms with Gasteiger partial charge in [-0.25, -0.2) is 14.4 Å². The Labute approximate surface area is 170 Å². The minimum Gasteiger partial charge on any atom is -0.378 e. The molecule has 0 spiro atoms. The molecule has 0 bridgehead atoms. The van der Waals surface area contributed by atoms with Crippen LogP contribution in [0.1, 0.15) is 16.1 Å². The number of hydrazone groups is 1. The van der Waals surface area contributed by atoms with Crippen molar-refractivity contribution < 1.29 is 13.8 Å². The molecule has 0 atom stereocenters. The van der Waals surface area contributed by atoms with Crippen LogP contribution in [0.25, 0.3) is 16.4 Å². The number of rotatable bonds is 5. The summed E-state index contributed by atoms with van der Waals surface area (Å²) in [5.74, 6) is -1.19. The second kappa shape index (κ2) is 7.77. The molecule has 13 heteroatoms. The van der Waals surface area contributed by atoms with E-state index in [1.165, 1.54) is 34.2 Å². The SMILES string of the molecule is Nc1nonc1-n1nnc(C(=O)N/N=C\c2c(F)cccc2Cl)c1-c1cccs1. The van der Waals surface area contributed by atoms with Gasteiger partial charge in [0, 0.05) is 5.56 Å². The number of thiophene rings is 1. The van der Waals surface area contributed by atoms with Crippen molar-refractivity contribution in [3.8, 4) is 16.4 Å². The molecule has 0 aliphatic heterocycles. The van der Waals surface area contributed by atoms with Gasteiger partial charge in [0.25, 0.3) is 5.91 Å². The van der Waals surface area contributed by atoms with Crippen LogP contribution in [0.3, 0.4) is 0 Å². The van der Waals surface area contributed by atoms with E-state index < -0.39 is 11.7 Å². The Balaban J connectivity index is 1.66. The lowest BCUT2D eigenvalue weighted by Gasteiger charge is -2.03. The minimum atomic E-state index is -0.682. The number of hydrogen-bond donors (Lipinski definition) is 2. The molecule has 3 N–H and O–H groups in total. The summed E-state index contributed by atoms with van der Waals surface area (Å²) in [6.07, 6.45) is 1.10. The highest BCUT2D eigenvalue weighted by molar-refractivity contribution is 7.13. The van der Waals surface area contributed by atoms with Crippen LogP contribution in [-0.4, -0.2) is 37.4 Å². The van der Waals surface area contributed by atoms with Crippen molar-refractivity contribution in [2.24, 2.45) is 5.10 Å². The molecule has 1 amide bonds. The highest BCUT2D eigenvalue weighted by atomic mass is 35.5. The zero-order valence-electron chi connectivity index (χ0n) is 14.3. The van der Waals surface area contributed by atoms with E-state index in [1.807, 2.05) is 5.38 Å². The number of nitrogen functional groups attached to an aromatic ring is 1. The molecule has 0 aliphatic carbocycles. The largest absolute Gasteiger partial charge is 0.378 e. The van der Waals surface area contributed by atoms with Crippen molar-refractivity contribution >= 4 is 40.9 Å². The third kappa shape index (κ3) is 3.58. The molecule has 29 heavy (non-hydrogen) atoms. The van der Waals surface area contributed by atoms with Crippen molar-refractivity contribution in [3.05, 3.63) is 57.8 Å². The molecule has 0 saturated heterocycles. The third-order valence-corrected chi connectivity index (χ3v) is 4.90. The number of carbonyl (C=O) groups excluding carboxylic acids is 1. The lowest BCUT2D eigenvalue weighted by molar-refractivity contribution is 0.0950. The highest BCUT2D eigenvalue weighted by Gasteiger charge is 2.25. The van der Waals surface area contributed by atoms with Crippen LogP contribution >= 0.6 is 22.9 Å². The minimum absolute atomic E-state index is 0.0214. The Kier molecular flexibility index (Phi) is 5.01. The Morgan fingerprint density at radius 1 is 1.34 bits per heavy atom. The normalized spacial score (nSPS) is 11.2. The molecule has 4 aromatic rings. The van der Waals surface area contributed by atoms with Gasteiger partial charge in [-0.3, -0.25) is 4.79 Å². The first-order valence-electron chi connectivity index (χ1n) is 7.91. The summed E-state index contributed by atoms with van der Waals surface area (Å²) in [5.41, 5.74) is 8.32. The van der Waals surface area contributed by atoms with E-state index in [1.54, 1.807) is 12.1 Å². The van der Waals surface area contributed by atoms with E-state index in [2.05, 4.69) is 35.8 Å². The van der Waals surface area contributed by atoms with Crippen LogP contribution in [0.4, 0.5) is 10.2 Å². The van der Waals surface area contributed by atoms with Gasteiger partial charge in [-0.2, -0.15) is 9.78 Å². The summed E-state index contributed by atoms with van der Waals surface area (Å²) in [7, 11) is 0. The molecule has 4 rings (SSSR count). The lowest BCUT2D eigenvalue weighted by atomic mass is 10.2. The molecule has 0 aliphatic rings. The van der Waals surface area contributed by atoms with Gasteiger partial charge in [-0.1, -0.05) is 28.9 Å². The fourth-order valence-electron chi connectivity index (χ4n) is 2.40. The van der Waals surface area contributed by atoms with Crippen LogP contribution in [0.2, 0.25) is 5.02 Å². The molecule has 1 aromatic carbocycles. The Bertz CT molecular complexity index is 1180. The van der Waals surface area contributed by atoms with E-state index in [-0.39, 0.29) is 27.9 Å². The summed E-state index contributed by atoms with van der Waals surface area (Å²) in [5, 5.41) is 20.7. The summed E-state index contributed by atoms with van der Waals surface area (Å²) in [6, 6.07) is 7.75. The maximum Gasteiger partial charge on any atom is 0.294 e. The molecule has 3 aromatic heterocycles. The second-order valence-electron chi connectivity index (χ2n) is 5.48. The number of halogens is 2. The van der Waals surface area contributed by atoms with Crippen molar-refractivity contribution in [1.82, 2.24) is 30.7 Å². The van der Waals surface area contributed by atoms with Gasteiger partial charge in [0.2, 0.25) is 11.6 Å². The third-order valence-electron chi connectivity index (χ3n) is 3.70. The maximum absolute atomic E-state index is 13.8. The molecular formula is C16H10ClFN8O2S. The first-order chi connectivity index (χ1) is 14.1. The number of aromatic nitrogens is 5. The van der Waals surface area contributed by atoms with Gasteiger partial charge in [-0.05, 0) is 33.9 Å². The van der Waals surface area contributed by atoms with Crippen molar-refractivity contribution in [3.63, 3.8) is 0 Å². The first kappa shape index (κ1) is 18.7. The fourth-order valence-corrected chi connectivity index (χ4v) is 3.37. The predicted molar refractivity (Wildman–Crippen MR) is 103 cm³/mol. The van der Waals surface area contributed by atoms with Crippen molar-refractivity contribution in [1.29, 1.82) is 0 Å². The predicted octanol–water partition coefficient (Wildman–Crippen LogP) is 2.52. The second-order valence-corrected chi connectivity index (χ2v) is 6.84. The number of benzene rings is 1. The number of nitrogens with zero attached hydrogens (tertiary/aromatic N) is 6. The first-order valence-corrected chi connectivity index (χ1v) is 9.17. The number of anilines is 1. The summed E-state index contributed by atoms with van der Waals surface area (Å²) < 4.78 is 19.6. The molecule has 3 heterocycles. The number of amides is 1. The van der Waals surface area contributed by atoms with Gasteiger partial charge >= 0.3 is 0 Å². The molecule has 10 nitrogen and oxygen atoms in total. The fraction of sp³-hybridized carbons (Fsp3) is 0. The van der Waals surface area contributed by atoms with E-state index in [0.717, 1.165) is 6.21 Å². The molecule has 0 fully saturated rings. The summed E-state index contributed by atoms with van der Waals surface area (Å²) >= 11 is 7.28. The summed E-state index contributed by atoms with van der Waals surface area (Å²) in [4.78, 5) is 13.3. The van der Waals surface area contributed by atoms with Crippen molar-refractivity contribution in [2.75, 3.05) is 5.73 Å². The van der Waals surface area contributed by atoms with Crippen LogP contribution in [0.5, 0.6) is 0 Å². The standard InChI is InChI=1S/C16H10ClFN8O2S/c17-9-3-1-4-10(18)8(9)7-20-22-16(27)12-13(11-5-2-6-29-11)26(25-21-12)15-14(19)23-28-24-15/h1-7H,(H2,19,23)(H,22,27)/b20-7-. The Morgan fingerprint density at radius 3 is 2.90 bits per heavy atom. The number of carbonyl (C=O) groups is 1. The van der Waals surface area contributed by atoms with E-state index >= 15 is 0 Å². The summed E-state index contributed by atoms with van der Waals surface area (Å²) in [6.45, 7) is 0. The number of nitrogens with one attached hydrogen (secondary N) is 1. The van der Waals surface area contributed by atoms with E-state index in [4.69, 9.17) is 17.3 Å². The highest BCUT2D eigenvalue weighted by Crippen LogP contribution is 2.29.